The van der Waals surface area contributed by atoms with Crippen molar-refractivity contribution < 1.29 is 0 Å². The van der Waals surface area contributed by atoms with Crippen molar-refractivity contribution in [2.24, 2.45) is 0 Å². The average molecular weight is 219 g/mol. The van der Waals surface area contributed by atoms with Crippen molar-refractivity contribution in [1.29, 1.82) is 0 Å². The second-order valence-corrected chi connectivity index (χ2v) is 4.58. The van der Waals surface area contributed by atoms with Crippen LogP contribution in [0.15, 0.2) is 24.5 Å². The molecule has 1 aliphatic rings. The molecule has 0 aromatic carbocycles. The van der Waals surface area contributed by atoms with Gasteiger partial charge in [-0.2, -0.15) is 0 Å². The van der Waals surface area contributed by atoms with E-state index in [1.807, 2.05) is 12.4 Å². The van der Waals surface area contributed by atoms with Crippen molar-refractivity contribution in [3.63, 3.8) is 0 Å². The van der Waals surface area contributed by atoms with Crippen molar-refractivity contribution in [2.45, 2.75) is 31.8 Å². The summed E-state index contributed by atoms with van der Waals surface area (Å²) in [6.45, 7) is 4.65. The standard InChI is InChI=1S/C13H21N3/c1-11(12-5-7-15-8-6-12)16-9-3-4-13(10-16)14-2/h5-8,11,13-14H,3-4,9-10H2,1-2H3. The number of hydrogen-bond acceptors (Lipinski definition) is 3. The van der Waals surface area contributed by atoms with Gasteiger partial charge >= 0.3 is 0 Å². The van der Waals surface area contributed by atoms with Crippen molar-refractivity contribution in [1.82, 2.24) is 15.2 Å². The Bertz CT molecular complexity index is 312. The molecule has 16 heavy (non-hydrogen) atoms. The molecule has 3 heteroatoms. The molecule has 2 atom stereocenters. The Morgan fingerprint density at radius 3 is 2.88 bits per heavy atom. The Hall–Kier alpha value is -0.930. The second-order valence-electron chi connectivity index (χ2n) is 4.58. The molecular formula is C13H21N3. The van der Waals surface area contributed by atoms with Gasteiger partial charge < -0.3 is 5.32 Å². The third-order valence-electron chi connectivity index (χ3n) is 3.60. The molecule has 1 fully saturated rings. The van der Waals surface area contributed by atoms with Crippen LogP contribution in [-0.4, -0.2) is 36.1 Å². The monoisotopic (exact) mass is 219 g/mol. The zero-order chi connectivity index (χ0) is 11.4. The molecule has 1 aromatic rings. The summed E-state index contributed by atoms with van der Waals surface area (Å²) in [5, 5.41) is 3.39. The first-order chi connectivity index (χ1) is 7.81. The van der Waals surface area contributed by atoms with Gasteiger partial charge in [-0.15, -0.1) is 0 Å². The van der Waals surface area contributed by atoms with Crippen LogP contribution < -0.4 is 5.32 Å². The van der Waals surface area contributed by atoms with Gasteiger partial charge in [0.05, 0.1) is 0 Å². The van der Waals surface area contributed by atoms with Crippen LogP contribution in [-0.2, 0) is 0 Å². The van der Waals surface area contributed by atoms with E-state index in [-0.39, 0.29) is 0 Å². The van der Waals surface area contributed by atoms with Crippen LogP contribution in [0.1, 0.15) is 31.4 Å². The molecule has 88 valence electrons. The molecule has 1 saturated heterocycles. The number of likely N-dealkylation sites (N-methyl/N-ethyl adjacent to an activating group) is 1. The van der Waals surface area contributed by atoms with E-state index in [1.165, 1.54) is 24.9 Å². The number of likely N-dealkylation sites (tertiary alicyclic amines) is 1. The summed E-state index contributed by atoms with van der Waals surface area (Å²) in [5.41, 5.74) is 1.37. The molecule has 0 bridgehead atoms. The first-order valence-electron chi connectivity index (χ1n) is 6.12. The predicted molar refractivity (Wildman–Crippen MR) is 66.3 cm³/mol. The van der Waals surface area contributed by atoms with Gasteiger partial charge in [-0.25, -0.2) is 0 Å². The summed E-state index contributed by atoms with van der Waals surface area (Å²) >= 11 is 0. The van der Waals surface area contributed by atoms with Crippen molar-refractivity contribution in [2.75, 3.05) is 20.1 Å². The average Bonchev–Trinajstić information content (AvgIpc) is 2.39. The Balaban J connectivity index is 2.01. The maximum Gasteiger partial charge on any atom is 0.0321 e. The summed E-state index contributed by atoms with van der Waals surface area (Å²) in [6, 6.07) is 5.39. The molecule has 0 spiro atoms. The highest BCUT2D eigenvalue weighted by Gasteiger charge is 2.23. The molecule has 0 radical (unpaired) electrons. The number of aromatic nitrogens is 1. The summed E-state index contributed by atoms with van der Waals surface area (Å²) in [4.78, 5) is 6.63. The smallest absolute Gasteiger partial charge is 0.0321 e. The van der Waals surface area contributed by atoms with Gasteiger partial charge in [-0.3, -0.25) is 9.88 Å². The van der Waals surface area contributed by atoms with Crippen LogP contribution in [0.25, 0.3) is 0 Å². The maximum absolute atomic E-state index is 4.07. The molecular weight excluding hydrogens is 198 g/mol. The highest BCUT2D eigenvalue weighted by Crippen LogP contribution is 2.23. The van der Waals surface area contributed by atoms with Crippen molar-refractivity contribution in [3.05, 3.63) is 30.1 Å². The van der Waals surface area contributed by atoms with Gasteiger partial charge in [0.1, 0.15) is 0 Å². The van der Waals surface area contributed by atoms with E-state index in [2.05, 4.69) is 41.3 Å². The van der Waals surface area contributed by atoms with E-state index < -0.39 is 0 Å². The maximum atomic E-state index is 4.07. The molecule has 1 aliphatic heterocycles. The van der Waals surface area contributed by atoms with E-state index in [4.69, 9.17) is 0 Å². The summed E-state index contributed by atoms with van der Waals surface area (Å²) < 4.78 is 0. The molecule has 3 nitrogen and oxygen atoms in total. The minimum atomic E-state index is 0.499. The largest absolute Gasteiger partial charge is 0.316 e. The van der Waals surface area contributed by atoms with Crippen LogP contribution in [0.2, 0.25) is 0 Å². The molecule has 2 heterocycles. The fraction of sp³-hybridized carbons (Fsp3) is 0.615. The first-order valence-corrected chi connectivity index (χ1v) is 6.12. The van der Waals surface area contributed by atoms with E-state index in [1.54, 1.807) is 0 Å². The third-order valence-corrected chi connectivity index (χ3v) is 3.60. The number of rotatable bonds is 3. The number of nitrogens with one attached hydrogen (secondary N) is 1. The zero-order valence-corrected chi connectivity index (χ0v) is 10.2. The van der Waals surface area contributed by atoms with Crippen LogP contribution >= 0.6 is 0 Å². The zero-order valence-electron chi connectivity index (χ0n) is 10.2. The SMILES string of the molecule is CNC1CCCN(C(C)c2ccncc2)C1. The number of hydrogen-bond donors (Lipinski definition) is 1. The number of nitrogens with zero attached hydrogens (tertiary/aromatic N) is 2. The van der Waals surface area contributed by atoms with Crippen LogP contribution in [0.4, 0.5) is 0 Å². The lowest BCUT2D eigenvalue weighted by Crippen LogP contribution is -2.45. The van der Waals surface area contributed by atoms with Gasteiger partial charge in [0.2, 0.25) is 0 Å². The topological polar surface area (TPSA) is 28.2 Å². The Kier molecular flexibility index (Phi) is 3.91. The first kappa shape index (κ1) is 11.6. The third kappa shape index (κ3) is 2.60. The van der Waals surface area contributed by atoms with Crippen molar-refractivity contribution in [3.8, 4) is 0 Å². The van der Waals surface area contributed by atoms with Crippen LogP contribution in [0.5, 0.6) is 0 Å². The normalized spacial score (nSPS) is 24.2. The van der Waals surface area contributed by atoms with Crippen molar-refractivity contribution >= 4 is 0 Å². The summed E-state index contributed by atoms with van der Waals surface area (Å²) in [6.07, 6.45) is 6.35. The minimum Gasteiger partial charge on any atom is -0.316 e. The number of pyridine rings is 1. The highest BCUT2D eigenvalue weighted by molar-refractivity contribution is 5.14. The van der Waals surface area contributed by atoms with Gasteiger partial charge in [0, 0.05) is 31.0 Å². The quantitative estimate of drug-likeness (QED) is 0.840. The minimum absolute atomic E-state index is 0.499. The fourth-order valence-corrected chi connectivity index (χ4v) is 2.45. The second kappa shape index (κ2) is 5.41. The van der Waals surface area contributed by atoms with Crippen LogP contribution in [0, 0.1) is 0 Å². The molecule has 1 N–H and O–H groups in total. The molecule has 0 amide bonds. The molecule has 0 aliphatic carbocycles. The molecule has 0 saturated carbocycles. The lowest BCUT2D eigenvalue weighted by molar-refractivity contribution is 0.149. The van der Waals surface area contributed by atoms with E-state index in [0.717, 1.165) is 6.54 Å². The Morgan fingerprint density at radius 1 is 1.44 bits per heavy atom. The fourth-order valence-electron chi connectivity index (χ4n) is 2.45. The van der Waals surface area contributed by atoms with E-state index >= 15 is 0 Å². The summed E-state index contributed by atoms with van der Waals surface area (Å²) in [7, 11) is 2.06. The molecule has 2 unspecified atom stereocenters. The highest BCUT2D eigenvalue weighted by atomic mass is 15.2. The van der Waals surface area contributed by atoms with Gasteiger partial charge in [-0.1, -0.05) is 0 Å². The van der Waals surface area contributed by atoms with E-state index in [9.17, 15) is 0 Å². The lowest BCUT2D eigenvalue weighted by Gasteiger charge is -2.36. The predicted octanol–water partition coefficient (Wildman–Crippen LogP) is 1.83. The van der Waals surface area contributed by atoms with E-state index in [0.29, 0.717) is 12.1 Å². The van der Waals surface area contributed by atoms with Gasteiger partial charge in [-0.05, 0) is 51.1 Å². The van der Waals surface area contributed by atoms with Gasteiger partial charge in [0.15, 0.2) is 0 Å². The Morgan fingerprint density at radius 2 is 2.19 bits per heavy atom. The van der Waals surface area contributed by atoms with Gasteiger partial charge in [0.25, 0.3) is 0 Å². The molecule has 1 aromatic heterocycles. The summed E-state index contributed by atoms with van der Waals surface area (Å²) in [5.74, 6) is 0. The lowest BCUT2D eigenvalue weighted by atomic mass is 10.0. The van der Waals surface area contributed by atoms with Crippen LogP contribution in [0.3, 0.4) is 0 Å². The molecule has 2 rings (SSSR count). The Labute approximate surface area is 97.9 Å². The number of piperidine rings is 1.